The number of nitrogens with one attached hydrogen (secondary N) is 1. The zero-order valence-corrected chi connectivity index (χ0v) is 13.0. The van der Waals surface area contributed by atoms with E-state index in [4.69, 9.17) is 4.74 Å². The van der Waals surface area contributed by atoms with Gasteiger partial charge in [0.25, 0.3) is 0 Å². The van der Waals surface area contributed by atoms with E-state index in [1.807, 2.05) is 0 Å². The lowest BCUT2D eigenvalue weighted by atomic mass is 9.81. The van der Waals surface area contributed by atoms with Gasteiger partial charge in [0.1, 0.15) is 0 Å². The van der Waals surface area contributed by atoms with Crippen LogP contribution in [0.4, 0.5) is 0 Å². The second-order valence-electron chi connectivity index (χ2n) is 6.13. The third-order valence-corrected chi connectivity index (χ3v) is 4.71. The zero-order valence-electron chi connectivity index (χ0n) is 13.0. The molecule has 1 aromatic rings. The molecular formula is C18H29NO. The summed E-state index contributed by atoms with van der Waals surface area (Å²) in [4.78, 5) is 0. The molecule has 0 heterocycles. The molecule has 1 N–H and O–H groups in total. The first-order valence-electron chi connectivity index (χ1n) is 8.10. The second kappa shape index (κ2) is 8.43. The summed E-state index contributed by atoms with van der Waals surface area (Å²) in [6.07, 6.45) is 7.05. The zero-order chi connectivity index (χ0) is 14.2. The van der Waals surface area contributed by atoms with Crippen LogP contribution in [0.1, 0.15) is 50.2 Å². The van der Waals surface area contributed by atoms with Crippen molar-refractivity contribution >= 4 is 0 Å². The van der Waals surface area contributed by atoms with Crippen molar-refractivity contribution in [2.24, 2.45) is 11.8 Å². The van der Waals surface area contributed by atoms with Crippen molar-refractivity contribution in [2.75, 3.05) is 13.7 Å². The van der Waals surface area contributed by atoms with Crippen molar-refractivity contribution in [1.82, 2.24) is 5.32 Å². The first kappa shape index (κ1) is 15.5. The molecule has 0 saturated heterocycles. The third kappa shape index (κ3) is 4.60. The minimum Gasteiger partial charge on any atom is -0.380 e. The molecule has 1 aliphatic carbocycles. The van der Waals surface area contributed by atoms with Crippen LogP contribution in [0.2, 0.25) is 0 Å². The molecule has 0 bridgehead atoms. The Labute approximate surface area is 123 Å². The first-order chi connectivity index (χ1) is 9.83. The molecular weight excluding hydrogens is 246 g/mol. The number of rotatable bonds is 7. The average molecular weight is 275 g/mol. The summed E-state index contributed by atoms with van der Waals surface area (Å²) in [6, 6.07) is 8.56. The van der Waals surface area contributed by atoms with Crippen molar-refractivity contribution < 1.29 is 4.74 Å². The molecule has 2 heteroatoms. The summed E-state index contributed by atoms with van der Waals surface area (Å²) >= 11 is 0. The molecule has 112 valence electrons. The monoisotopic (exact) mass is 275 g/mol. The van der Waals surface area contributed by atoms with Crippen molar-refractivity contribution in [3.8, 4) is 0 Å². The first-order valence-corrected chi connectivity index (χ1v) is 8.10. The Kier molecular flexibility index (Phi) is 6.55. The van der Waals surface area contributed by atoms with Crippen LogP contribution >= 0.6 is 0 Å². The van der Waals surface area contributed by atoms with E-state index >= 15 is 0 Å². The molecule has 0 spiro atoms. The number of ether oxygens (including phenoxy) is 1. The quantitative estimate of drug-likeness (QED) is 0.807. The van der Waals surface area contributed by atoms with E-state index in [1.165, 1.54) is 43.2 Å². The van der Waals surface area contributed by atoms with Gasteiger partial charge in [-0.3, -0.25) is 0 Å². The van der Waals surface area contributed by atoms with E-state index < -0.39 is 0 Å². The summed E-state index contributed by atoms with van der Waals surface area (Å²) in [6.45, 7) is 5.17. The van der Waals surface area contributed by atoms with Gasteiger partial charge >= 0.3 is 0 Å². The van der Waals surface area contributed by atoms with Gasteiger partial charge in [0.05, 0.1) is 6.61 Å². The minimum atomic E-state index is 0.708. The van der Waals surface area contributed by atoms with E-state index in [0.717, 1.165) is 24.9 Å². The number of benzene rings is 1. The molecule has 20 heavy (non-hydrogen) atoms. The summed E-state index contributed by atoms with van der Waals surface area (Å²) in [5.74, 6) is 1.88. The Bertz CT molecular complexity index is 383. The predicted octanol–water partition coefficient (Wildman–Crippen LogP) is 4.14. The molecule has 2 rings (SSSR count). The van der Waals surface area contributed by atoms with Crippen LogP contribution in [0.3, 0.4) is 0 Å². The van der Waals surface area contributed by atoms with E-state index in [1.54, 1.807) is 7.11 Å². The standard InChI is InChI=1S/C18H29NO/c1-3-15-8-10-16(11-9-15)12-19-13-17-6-4-5-7-18(17)14-20-2/h4-7,15-16,19H,3,8-14H2,1-2H3. The molecule has 0 atom stereocenters. The molecule has 2 nitrogen and oxygen atoms in total. The summed E-state index contributed by atoms with van der Waals surface area (Å²) < 4.78 is 5.26. The topological polar surface area (TPSA) is 21.3 Å². The predicted molar refractivity (Wildman–Crippen MR) is 84.6 cm³/mol. The van der Waals surface area contributed by atoms with Gasteiger partial charge in [-0.15, -0.1) is 0 Å². The molecule has 1 aromatic carbocycles. The maximum absolute atomic E-state index is 5.26. The molecule has 1 fully saturated rings. The Balaban J connectivity index is 1.73. The van der Waals surface area contributed by atoms with Gasteiger partial charge in [-0.2, -0.15) is 0 Å². The summed E-state index contributed by atoms with van der Waals surface area (Å²) in [7, 11) is 1.76. The molecule has 0 radical (unpaired) electrons. The van der Waals surface area contributed by atoms with Gasteiger partial charge in [0.15, 0.2) is 0 Å². The highest BCUT2D eigenvalue weighted by molar-refractivity contribution is 5.26. The van der Waals surface area contributed by atoms with Crippen molar-refractivity contribution in [3.63, 3.8) is 0 Å². The van der Waals surface area contributed by atoms with Gasteiger partial charge in [-0.25, -0.2) is 0 Å². The molecule has 0 unspecified atom stereocenters. The van der Waals surface area contributed by atoms with Gasteiger partial charge in [-0.05, 0) is 42.3 Å². The van der Waals surface area contributed by atoms with Gasteiger partial charge in [-0.1, -0.05) is 50.5 Å². The number of hydrogen-bond acceptors (Lipinski definition) is 2. The molecule has 0 aliphatic heterocycles. The Morgan fingerprint density at radius 1 is 1.05 bits per heavy atom. The van der Waals surface area contributed by atoms with Crippen LogP contribution in [-0.2, 0) is 17.9 Å². The van der Waals surface area contributed by atoms with E-state index in [2.05, 4.69) is 36.5 Å². The average Bonchev–Trinajstić information content (AvgIpc) is 2.50. The van der Waals surface area contributed by atoms with Crippen LogP contribution in [0, 0.1) is 11.8 Å². The smallest absolute Gasteiger partial charge is 0.0716 e. The lowest BCUT2D eigenvalue weighted by molar-refractivity contribution is 0.184. The lowest BCUT2D eigenvalue weighted by Gasteiger charge is -2.28. The van der Waals surface area contributed by atoms with Crippen LogP contribution in [0.25, 0.3) is 0 Å². The van der Waals surface area contributed by atoms with Crippen LogP contribution < -0.4 is 5.32 Å². The van der Waals surface area contributed by atoms with Crippen molar-refractivity contribution in [1.29, 1.82) is 0 Å². The number of methoxy groups -OCH3 is 1. The van der Waals surface area contributed by atoms with E-state index in [-0.39, 0.29) is 0 Å². The van der Waals surface area contributed by atoms with E-state index in [0.29, 0.717) is 6.61 Å². The molecule has 1 saturated carbocycles. The maximum Gasteiger partial charge on any atom is 0.0716 e. The molecule has 0 aromatic heterocycles. The third-order valence-electron chi connectivity index (χ3n) is 4.71. The Morgan fingerprint density at radius 3 is 2.35 bits per heavy atom. The van der Waals surface area contributed by atoms with Gasteiger partial charge in [0, 0.05) is 13.7 Å². The highest BCUT2D eigenvalue weighted by Crippen LogP contribution is 2.30. The highest BCUT2D eigenvalue weighted by atomic mass is 16.5. The van der Waals surface area contributed by atoms with E-state index in [9.17, 15) is 0 Å². The van der Waals surface area contributed by atoms with Crippen molar-refractivity contribution in [2.45, 2.75) is 52.2 Å². The van der Waals surface area contributed by atoms with Crippen LogP contribution in [0.15, 0.2) is 24.3 Å². The van der Waals surface area contributed by atoms with Crippen LogP contribution in [0.5, 0.6) is 0 Å². The maximum atomic E-state index is 5.26. The van der Waals surface area contributed by atoms with Gasteiger partial charge < -0.3 is 10.1 Å². The van der Waals surface area contributed by atoms with Crippen LogP contribution in [-0.4, -0.2) is 13.7 Å². The molecule has 0 amide bonds. The second-order valence-corrected chi connectivity index (χ2v) is 6.13. The lowest BCUT2D eigenvalue weighted by Crippen LogP contribution is -2.26. The number of hydrogen-bond donors (Lipinski definition) is 1. The Morgan fingerprint density at radius 2 is 1.70 bits per heavy atom. The fraction of sp³-hybridized carbons (Fsp3) is 0.667. The summed E-state index contributed by atoms with van der Waals surface area (Å²) in [5.41, 5.74) is 2.67. The van der Waals surface area contributed by atoms with Crippen molar-refractivity contribution in [3.05, 3.63) is 35.4 Å². The summed E-state index contributed by atoms with van der Waals surface area (Å²) in [5, 5.41) is 3.65. The minimum absolute atomic E-state index is 0.708. The fourth-order valence-corrected chi connectivity index (χ4v) is 3.28. The van der Waals surface area contributed by atoms with Gasteiger partial charge in [0.2, 0.25) is 0 Å². The SMILES string of the molecule is CCC1CCC(CNCc2ccccc2COC)CC1. The molecule has 1 aliphatic rings. The highest BCUT2D eigenvalue weighted by Gasteiger charge is 2.19. The Hall–Kier alpha value is -0.860. The fourth-order valence-electron chi connectivity index (χ4n) is 3.28. The largest absolute Gasteiger partial charge is 0.380 e. The normalized spacial score (nSPS) is 22.9.